The quantitative estimate of drug-likeness (QED) is 0.710. The highest BCUT2D eigenvalue weighted by molar-refractivity contribution is 6.34. The molecule has 0 amide bonds. The van der Waals surface area contributed by atoms with E-state index in [-0.39, 0.29) is 6.10 Å². The molecule has 0 radical (unpaired) electrons. The van der Waals surface area contributed by atoms with Crippen LogP contribution in [-0.4, -0.2) is 16.1 Å². The van der Waals surface area contributed by atoms with Crippen LogP contribution >= 0.6 is 23.2 Å². The maximum atomic E-state index is 6.22. The minimum atomic E-state index is 0.111. The fraction of sp³-hybridized carbons (Fsp3) is 0.375. The smallest absolute Gasteiger partial charge is 0.162 e. The monoisotopic (exact) mass is 324 g/mol. The third-order valence-electron chi connectivity index (χ3n) is 2.87. The van der Waals surface area contributed by atoms with Crippen LogP contribution in [0.3, 0.4) is 0 Å². The van der Waals surface area contributed by atoms with E-state index in [4.69, 9.17) is 27.9 Å². The van der Waals surface area contributed by atoms with E-state index in [2.05, 4.69) is 16.9 Å². The van der Waals surface area contributed by atoms with E-state index >= 15 is 0 Å². The maximum absolute atomic E-state index is 6.22. The van der Waals surface area contributed by atoms with Crippen LogP contribution in [-0.2, 0) is 6.42 Å². The van der Waals surface area contributed by atoms with E-state index in [9.17, 15) is 0 Å². The second-order valence-electron chi connectivity index (χ2n) is 5.05. The van der Waals surface area contributed by atoms with E-state index in [1.165, 1.54) is 0 Å². The Morgan fingerprint density at radius 1 is 1.14 bits per heavy atom. The largest absolute Gasteiger partial charge is 0.491 e. The molecule has 0 bridgehead atoms. The number of hydrogen-bond acceptors (Lipinski definition) is 3. The number of aromatic nitrogens is 2. The predicted octanol–water partition coefficient (Wildman–Crippen LogP) is 5.19. The molecule has 3 nitrogen and oxygen atoms in total. The second-order valence-corrected chi connectivity index (χ2v) is 5.77. The van der Waals surface area contributed by atoms with Crippen molar-refractivity contribution in [1.82, 2.24) is 9.97 Å². The Hall–Kier alpha value is -1.32. The summed E-state index contributed by atoms with van der Waals surface area (Å²) in [7, 11) is 0. The van der Waals surface area contributed by atoms with Crippen molar-refractivity contribution in [3.8, 4) is 17.1 Å². The van der Waals surface area contributed by atoms with Crippen molar-refractivity contribution >= 4 is 23.2 Å². The molecule has 1 aromatic carbocycles. The van der Waals surface area contributed by atoms with Gasteiger partial charge in [0.25, 0.3) is 0 Å². The summed E-state index contributed by atoms with van der Waals surface area (Å²) in [5, 5.41) is 0.837. The highest BCUT2D eigenvalue weighted by atomic mass is 35.5. The van der Waals surface area contributed by atoms with E-state index < -0.39 is 0 Å². The zero-order valence-electron chi connectivity index (χ0n) is 12.4. The molecule has 0 atom stereocenters. The normalized spacial score (nSPS) is 11.0. The van der Waals surface area contributed by atoms with Crippen molar-refractivity contribution in [3.63, 3.8) is 0 Å². The van der Waals surface area contributed by atoms with E-state index in [1.807, 2.05) is 38.1 Å². The lowest BCUT2D eigenvalue weighted by Gasteiger charge is -2.11. The fourth-order valence-corrected chi connectivity index (χ4v) is 2.57. The highest BCUT2D eigenvalue weighted by Crippen LogP contribution is 2.28. The number of benzene rings is 1. The average Bonchev–Trinajstić information content (AvgIpc) is 2.42. The lowest BCUT2D eigenvalue weighted by molar-refractivity contribution is 0.242. The van der Waals surface area contributed by atoms with Gasteiger partial charge in [0.05, 0.1) is 6.10 Å². The van der Waals surface area contributed by atoms with Crippen LogP contribution in [0.15, 0.2) is 24.3 Å². The lowest BCUT2D eigenvalue weighted by Crippen LogP contribution is -2.05. The first kappa shape index (κ1) is 16.1. The summed E-state index contributed by atoms with van der Waals surface area (Å²) in [5.74, 6) is 1.29. The Bertz CT molecular complexity index is 606. The molecule has 0 unspecified atom stereocenters. The van der Waals surface area contributed by atoms with Gasteiger partial charge in [-0.25, -0.2) is 9.97 Å². The Labute approximate surface area is 135 Å². The number of ether oxygens (including phenoxy) is 1. The number of halogens is 2. The third-order valence-corrected chi connectivity index (χ3v) is 3.50. The molecule has 112 valence electrons. The van der Waals surface area contributed by atoms with Crippen molar-refractivity contribution in [2.24, 2.45) is 0 Å². The van der Waals surface area contributed by atoms with E-state index in [0.717, 1.165) is 29.7 Å². The molecular formula is C16H18Cl2N2O. The van der Waals surface area contributed by atoms with Crippen LogP contribution < -0.4 is 4.74 Å². The van der Waals surface area contributed by atoms with Gasteiger partial charge in [-0.05, 0) is 32.4 Å². The van der Waals surface area contributed by atoms with Crippen LogP contribution in [0.1, 0.15) is 32.8 Å². The molecule has 2 aromatic rings. The number of hydrogen-bond donors (Lipinski definition) is 0. The van der Waals surface area contributed by atoms with Crippen molar-refractivity contribution in [2.45, 2.75) is 39.7 Å². The van der Waals surface area contributed by atoms with Crippen LogP contribution in [0.25, 0.3) is 11.4 Å². The molecule has 0 saturated carbocycles. The van der Waals surface area contributed by atoms with Crippen LogP contribution in [0.5, 0.6) is 5.75 Å². The van der Waals surface area contributed by atoms with Gasteiger partial charge >= 0.3 is 0 Å². The SMILES string of the molecule is CCCc1c(Cl)nc(-c2cccc(OC(C)C)c2)nc1Cl. The zero-order chi connectivity index (χ0) is 15.4. The molecule has 0 aliphatic carbocycles. The Morgan fingerprint density at radius 2 is 1.81 bits per heavy atom. The molecule has 0 N–H and O–H groups in total. The minimum Gasteiger partial charge on any atom is -0.491 e. The first-order chi connectivity index (χ1) is 10.0. The molecule has 0 spiro atoms. The third kappa shape index (κ3) is 4.08. The van der Waals surface area contributed by atoms with Gasteiger partial charge < -0.3 is 4.74 Å². The summed E-state index contributed by atoms with van der Waals surface area (Å²) >= 11 is 12.4. The Balaban J connectivity index is 2.38. The molecule has 0 aliphatic heterocycles. The molecule has 1 aromatic heterocycles. The summed E-state index contributed by atoms with van der Waals surface area (Å²) in [6.45, 7) is 6.03. The van der Waals surface area contributed by atoms with E-state index in [0.29, 0.717) is 16.1 Å². The molecule has 0 saturated heterocycles. The fourth-order valence-electron chi connectivity index (χ4n) is 2.00. The van der Waals surface area contributed by atoms with Crippen molar-refractivity contribution in [3.05, 3.63) is 40.1 Å². The summed E-state index contributed by atoms with van der Waals surface area (Å²) in [6.07, 6.45) is 1.83. The van der Waals surface area contributed by atoms with Crippen LogP contribution in [0, 0.1) is 0 Å². The average molecular weight is 325 g/mol. The second kappa shape index (κ2) is 7.10. The van der Waals surface area contributed by atoms with Gasteiger partial charge in [-0.3, -0.25) is 0 Å². The molecule has 0 fully saturated rings. The van der Waals surface area contributed by atoms with Gasteiger partial charge in [0.2, 0.25) is 0 Å². The standard InChI is InChI=1S/C16H18Cl2N2O/c1-4-6-13-14(17)19-16(20-15(13)18)11-7-5-8-12(9-11)21-10(2)3/h5,7-10H,4,6H2,1-3H3. The van der Waals surface area contributed by atoms with Gasteiger partial charge in [0, 0.05) is 11.1 Å². The number of nitrogens with zero attached hydrogens (tertiary/aromatic N) is 2. The molecule has 5 heteroatoms. The zero-order valence-corrected chi connectivity index (χ0v) is 13.9. The molecule has 0 aliphatic rings. The van der Waals surface area contributed by atoms with Crippen molar-refractivity contribution < 1.29 is 4.74 Å². The lowest BCUT2D eigenvalue weighted by atomic mass is 10.1. The molecular weight excluding hydrogens is 307 g/mol. The van der Waals surface area contributed by atoms with Crippen LogP contribution in [0.2, 0.25) is 10.3 Å². The molecule has 1 heterocycles. The van der Waals surface area contributed by atoms with Gasteiger partial charge in [-0.15, -0.1) is 0 Å². The van der Waals surface area contributed by atoms with Gasteiger partial charge in [-0.1, -0.05) is 48.7 Å². The summed E-state index contributed by atoms with van der Waals surface area (Å²) in [5.41, 5.74) is 1.64. The Kier molecular flexibility index (Phi) is 5.43. The maximum Gasteiger partial charge on any atom is 0.162 e. The highest BCUT2D eigenvalue weighted by Gasteiger charge is 2.12. The predicted molar refractivity (Wildman–Crippen MR) is 87.2 cm³/mol. The topological polar surface area (TPSA) is 35.0 Å². The Morgan fingerprint density at radius 3 is 2.38 bits per heavy atom. The number of rotatable bonds is 5. The summed E-state index contributed by atoms with van der Waals surface area (Å²) < 4.78 is 5.68. The summed E-state index contributed by atoms with van der Waals surface area (Å²) in [4.78, 5) is 8.71. The van der Waals surface area contributed by atoms with Gasteiger partial charge in [0.15, 0.2) is 5.82 Å². The van der Waals surface area contributed by atoms with Gasteiger partial charge in [0.1, 0.15) is 16.1 Å². The first-order valence-corrected chi connectivity index (χ1v) is 7.75. The van der Waals surface area contributed by atoms with Crippen molar-refractivity contribution in [2.75, 3.05) is 0 Å². The van der Waals surface area contributed by atoms with E-state index in [1.54, 1.807) is 0 Å². The van der Waals surface area contributed by atoms with Crippen LogP contribution in [0.4, 0.5) is 0 Å². The van der Waals surface area contributed by atoms with Gasteiger partial charge in [-0.2, -0.15) is 0 Å². The first-order valence-electron chi connectivity index (χ1n) is 7.00. The molecule has 21 heavy (non-hydrogen) atoms. The summed E-state index contributed by atoms with van der Waals surface area (Å²) in [6, 6.07) is 7.60. The molecule has 2 rings (SSSR count). The minimum absolute atomic E-state index is 0.111. The van der Waals surface area contributed by atoms with Crippen molar-refractivity contribution in [1.29, 1.82) is 0 Å².